The molecule has 0 heterocycles. The normalized spacial score (nSPS) is 13.6. The van der Waals surface area contributed by atoms with Crippen LogP contribution in [-0.2, 0) is 23.9 Å². The summed E-state index contributed by atoms with van der Waals surface area (Å²) in [6.07, 6.45) is 19.0. The van der Waals surface area contributed by atoms with Crippen LogP contribution in [0.3, 0.4) is 0 Å². The van der Waals surface area contributed by atoms with Gasteiger partial charge in [-0.3, -0.25) is 4.18 Å². The highest BCUT2D eigenvalue weighted by molar-refractivity contribution is 7.81. The molecule has 0 saturated heterocycles. The lowest BCUT2D eigenvalue weighted by molar-refractivity contribution is -0.125. The molecule has 6 nitrogen and oxygen atoms in total. The maximum Gasteiger partial charge on any atom is 0.402 e. The van der Waals surface area contributed by atoms with Gasteiger partial charge in [-0.25, -0.2) is 9.29 Å². The van der Waals surface area contributed by atoms with Gasteiger partial charge in [0.1, 0.15) is 0 Å². The van der Waals surface area contributed by atoms with Crippen molar-refractivity contribution in [3.8, 4) is 0 Å². The summed E-state index contributed by atoms with van der Waals surface area (Å²) >= 11 is 0. The second-order valence-electron chi connectivity index (χ2n) is 7.49. The third-order valence-corrected chi connectivity index (χ3v) is 5.61. The molecule has 0 saturated carbocycles. The Morgan fingerprint density at radius 2 is 1.11 bits per heavy atom. The number of hydrogen-bond acceptors (Lipinski definition) is 5. The average Bonchev–Trinajstić information content (AvgIpc) is 2.65. The van der Waals surface area contributed by atoms with Gasteiger partial charge in [0.2, 0.25) is 0 Å². The minimum atomic E-state index is -4.04. The predicted octanol–water partition coefficient (Wildman–Crippen LogP) is 5.91. The number of unbranched alkanes of at least 4 members (excludes halogenated alkanes) is 13. The van der Waals surface area contributed by atoms with E-state index in [-0.39, 0.29) is 13.0 Å². The summed E-state index contributed by atoms with van der Waals surface area (Å²) in [5.74, 6) is -1.69. The molecule has 1 atom stereocenters. The molecule has 0 spiro atoms. The van der Waals surface area contributed by atoms with Crippen LogP contribution in [0.2, 0.25) is 0 Å². The lowest BCUT2D eigenvalue weighted by atomic mass is 10.0. The quantitative estimate of drug-likeness (QED) is 0.218. The van der Waals surface area contributed by atoms with Crippen LogP contribution in [0, 0.1) is 0 Å². The van der Waals surface area contributed by atoms with E-state index in [1.807, 2.05) is 0 Å². The fourth-order valence-corrected chi connectivity index (χ4v) is 3.24. The van der Waals surface area contributed by atoms with Crippen molar-refractivity contribution in [1.29, 1.82) is 0 Å². The van der Waals surface area contributed by atoms with Crippen molar-refractivity contribution in [3.63, 3.8) is 0 Å². The molecule has 0 aliphatic carbocycles. The minimum absolute atomic E-state index is 0.123. The van der Waals surface area contributed by atoms with Gasteiger partial charge in [0.15, 0.2) is 5.79 Å². The molecular formula is C21H45O6S. The Balaban J connectivity index is 0. The van der Waals surface area contributed by atoms with Crippen molar-refractivity contribution in [2.24, 2.45) is 0 Å². The molecule has 7 heteroatoms. The van der Waals surface area contributed by atoms with Crippen LogP contribution in [0.5, 0.6) is 0 Å². The van der Waals surface area contributed by atoms with Crippen LogP contribution in [0.25, 0.3) is 0 Å². The Morgan fingerprint density at radius 1 is 0.750 bits per heavy atom. The second-order valence-corrected chi connectivity index (χ2v) is 8.80. The summed E-state index contributed by atoms with van der Waals surface area (Å²) in [4.78, 5) is 0. The topological polar surface area (TPSA) is 92.7 Å². The van der Waals surface area contributed by atoms with Crippen LogP contribution < -0.4 is 0 Å². The fraction of sp³-hybridized carbons (Fsp3) is 1.00. The first-order valence-electron chi connectivity index (χ1n) is 11.1. The van der Waals surface area contributed by atoms with Gasteiger partial charge >= 0.3 is 10.4 Å². The Hall–Kier alpha value is -0.210. The van der Waals surface area contributed by atoms with E-state index in [0.717, 1.165) is 20.0 Å². The Bertz CT molecular complexity index is 395. The Morgan fingerprint density at radius 3 is 1.39 bits per heavy atom. The largest absolute Gasteiger partial charge is 0.402 e. The molecule has 1 N–H and O–H groups in total. The van der Waals surface area contributed by atoms with Gasteiger partial charge in [0, 0.05) is 0 Å². The van der Waals surface area contributed by atoms with E-state index in [1.54, 1.807) is 6.92 Å². The number of rotatable bonds is 18. The van der Waals surface area contributed by atoms with Crippen molar-refractivity contribution in [1.82, 2.24) is 0 Å². The summed E-state index contributed by atoms with van der Waals surface area (Å²) < 4.78 is 29.3. The lowest BCUT2D eigenvalue weighted by Crippen LogP contribution is -2.30. The van der Waals surface area contributed by atoms with Crippen LogP contribution in [0.1, 0.15) is 117 Å². The summed E-state index contributed by atoms with van der Waals surface area (Å²) in [7, 11) is -3.08. The SMILES string of the molecule is CCC(C)(O)OS(=O)(=O)OC.CCCCCCCCCCCCCCCC[O]. The molecule has 0 bridgehead atoms. The first-order valence-corrected chi connectivity index (χ1v) is 12.4. The van der Waals surface area contributed by atoms with Crippen LogP contribution in [0.15, 0.2) is 0 Å². The predicted molar refractivity (Wildman–Crippen MR) is 114 cm³/mol. The molecule has 28 heavy (non-hydrogen) atoms. The third-order valence-electron chi connectivity index (χ3n) is 4.64. The molecule has 0 aromatic heterocycles. The fourth-order valence-electron chi connectivity index (χ4n) is 2.61. The van der Waals surface area contributed by atoms with Gasteiger partial charge in [-0.15, -0.1) is 0 Å². The minimum Gasteiger partial charge on any atom is -0.365 e. The average molecular weight is 426 g/mol. The monoisotopic (exact) mass is 425 g/mol. The zero-order chi connectivity index (χ0) is 21.7. The molecule has 171 valence electrons. The van der Waals surface area contributed by atoms with E-state index in [2.05, 4.69) is 15.3 Å². The van der Waals surface area contributed by atoms with Gasteiger partial charge in [0.05, 0.1) is 13.7 Å². The van der Waals surface area contributed by atoms with E-state index in [4.69, 9.17) is 5.11 Å². The summed E-state index contributed by atoms with van der Waals surface area (Å²) in [6.45, 7) is 5.23. The molecule has 0 rings (SSSR count). The van der Waals surface area contributed by atoms with E-state index in [9.17, 15) is 13.5 Å². The van der Waals surface area contributed by atoms with Gasteiger partial charge in [0.25, 0.3) is 0 Å². The molecule has 0 aliphatic rings. The summed E-state index contributed by atoms with van der Waals surface area (Å²) in [6, 6.07) is 0. The van der Waals surface area contributed by atoms with Gasteiger partial charge in [-0.1, -0.05) is 97.3 Å². The highest BCUT2D eigenvalue weighted by Gasteiger charge is 2.26. The van der Waals surface area contributed by atoms with E-state index in [1.165, 1.54) is 84.0 Å². The second kappa shape index (κ2) is 20.1. The first kappa shape index (κ1) is 30.0. The van der Waals surface area contributed by atoms with Crippen LogP contribution in [0.4, 0.5) is 0 Å². The van der Waals surface area contributed by atoms with Crippen molar-refractivity contribution < 1.29 is 27.0 Å². The maximum atomic E-state index is 10.6. The van der Waals surface area contributed by atoms with Gasteiger partial charge in [-0.2, -0.15) is 8.42 Å². The van der Waals surface area contributed by atoms with Crippen LogP contribution in [-0.4, -0.2) is 33.0 Å². The van der Waals surface area contributed by atoms with Crippen molar-refractivity contribution in [3.05, 3.63) is 0 Å². The molecule has 1 unspecified atom stereocenters. The Kier molecular flexibility index (Phi) is 21.5. The van der Waals surface area contributed by atoms with E-state index in [0.29, 0.717) is 0 Å². The summed E-state index contributed by atoms with van der Waals surface area (Å²) in [5, 5.41) is 19.3. The lowest BCUT2D eigenvalue weighted by Gasteiger charge is -2.19. The van der Waals surface area contributed by atoms with Crippen molar-refractivity contribution in [2.75, 3.05) is 13.7 Å². The van der Waals surface area contributed by atoms with Gasteiger partial charge < -0.3 is 5.11 Å². The van der Waals surface area contributed by atoms with Gasteiger partial charge in [-0.05, 0) is 19.8 Å². The third kappa shape index (κ3) is 23.8. The van der Waals surface area contributed by atoms with E-state index < -0.39 is 16.2 Å². The Labute approximate surface area is 174 Å². The number of hydrogen-bond donors (Lipinski definition) is 1. The first-order chi connectivity index (χ1) is 13.2. The highest BCUT2D eigenvalue weighted by Crippen LogP contribution is 2.14. The molecular weight excluding hydrogens is 380 g/mol. The number of aliphatic hydroxyl groups is 1. The molecule has 0 amide bonds. The standard InChI is InChI=1S/C16H33O.C5H12O5S/c1-2-3-4-5-6-7-8-9-10-11-12-13-14-15-16-17;1-4-5(2,6)10-11(7,8)9-3/h2-16H2,1H3;6H,4H2,1-3H3. The zero-order valence-corrected chi connectivity index (χ0v) is 19.5. The maximum absolute atomic E-state index is 10.6. The molecule has 0 aromatic rings. The highest BCUT2D eigenvalue weighted by atomic mass is 32.3. The molecule has 0 aliphatic heterocycles. The molecule has 0 aromatic carbocycles. The zero-order valence-electron chi connectivity index (χ0n) is 18.7. The van der Waals surface area contributed by atoms with Crippen molar-refractivity contribution >= 4 is 10.4 Å². The van der Waals surface area contributed by atoms with E-state index >= 15 is 0 Å². The summed E-state index contributed by atoms with van der Waals surface area (Å²) in [5.41, 5.74) is 0. The molecule has 1 radical (unpaired) electrons. The smallest absolute Gasteiger partial charge is 0.365 e. The van der Waals surface area contributed by atoms with Crippen LogP contribution >= 0.6 is 0 Å². The van der Waals surface area contributed by atoms with Crippen molar-refractivity contribution in [2.45, 2.75) is 123 Å². The molecule has 0 fully saturated rings.